The summed E-state index contributed by atoms with van der Waals surface area (Å²) in [6, 6.07) is 4.90. The number of nitrogens with zero attached hydrogens (tertiary/aromatic N) is 2. The number of nitro benzene ring substituents is 1. The van der Waals surface area contributed by atoms with E-state index in [4.69, 9.17) is 4.74 Å². The van der Waals surface area contributed by atoms with E-state index < -0.39 is 22.6 Å². The number of nitrogens with one attached hydrogen (secondary N) is 1. The lowest BCUT2D eigenvalue weighted by Gasteiger charge is -2.43. The van der Waals surface area contributed by atoms with Crippen molar-refractivity contribution in [2.24, 2.45) is 5.92 Å². The van der Waals surface area contributed by atoms with Crippen LogP contribution in [0.1, 0.15) is 63.2 Å². The monoisotopic (exact) mass is 403 g/mol. The summed E-state index contributed by atoms with van der Waals surface area (Å²) in [5.74, 6) is -0.106. The highest BCUT2D eigenvalue weighted by atomic mass is 16.6. The zero-order chi connectivity index (χ0) is 21.2. The Bertz CT molecular complexity index is 788. The van der Waals surface area contributed by atoms with E-state index in [0.717, 1.165) is 19.3 Å². The minimum Gasteiger partial charge on any atom is -0.353 e. The highest BCUT2D eigenvalue weighted by Gasteiger charge is 2.53. The van der Waals surface area contributed by atoms with Crippen LogP contribution in [0, 0.1) is 16.0 Å². The fourth-order valence-corrected chi connectivity index (χ4v) is 4.11. The Morgan fingerprint density at radius 2 is 2.07 bits per heavy atom. The van der Waals surface area contributed by atoms with E-state index in [1.807, 2.05) is 13.8 Å². The van der Waals surface area contributed by atoms with Crippen molar-refractivity contribution in [1.29, 1.82) is 0 Å². The summed E-state index contributed by atoms with van der Waals surface area (Å²) >= 11 is 0. The molecule has 8 nitrogen and oxygen atoms in total. The summed E-state index contributed by atoms with van der Waals surface area (Å²) < 4.78 is 6.12. The maximum atomic E-state index is 13.5. The van der Waals surface area contributed by atoms with E-state index >= 15 is 0 Å². The van der Waals surface area contributed by atoms with Crippen LogP contribution in [-0.2, 0) is 9.53 Å². The van der Waals surface area contributed by atoms with Gasteiger partial charge in [0.2, 0.25) is 5.91 Å². The lowest BCUT2D eigenvalue weighted by Crippen LogP contribution is -2.57. The van der Waals surface area contributed by atoms with Gasteiger partial charge in [0.1, 0.15) is 11.8 Å². The molecule has 3 rings (SSSR count). The van der Waals surface area contributed by atoms with Crippen molar-refractivity contribution in [3.05, 3.63) is 39.9 Å². The number of hydrogen-bond acceptors (Lipinski definition) is 5. The van der Waals surface area contributed by atoms with Gasteiger partial charge in [0, 0.05) is 23.7 Å². The average molecular weight is 403 g/mol. The Morgan fingerprint density at radius 3 is 2.69 bits per heavy atom. The quantitative estimate of drug-likeness (QED) is 0.601. The summed E-state index contributed by atoms with van der Waals surface area (Å²) in [4.78, 5) is 38.6. The van der Waals surface area contributed by atoms with Gasteiger partial charge in [-0.25, -0.2) is 0 Å². The third-order valence-electron chi connectivity index (χ3n) is 6.14. The van der Waals surface area contributed by atoms with Crippen molar-refractivity contribution in [3.8, 4) is 0 Å². The van der Waals surface area contributed by atoms with Crippen molar-refractivity contribution >= 4 is 17.5 Å². The Hall–Kier alpha value is -2.48. The first-order chi connectivity index (χ1) is 13.8. The molecule has 1 saturated heterocycles. The molecule has 8 heteroatoms. The van der Waals surface area contributed by atoms with Gasteiger partial charge < -0.3 is 10.1 Å². The zero-order valence-corrected chi connectivity index (χ0v) is 17.2. The standard InChI is InChI=1S/C21H29N3O5/c1-4-15(3)22-19(25)18-13-29-21(10-8-14(2)9-11-21)23(18)20(26)16-6-5-7-17(12-16)24(27)28/h5-7,12,14-15,18H,4,8-11,13H2,1-3H3,(H,22,25)/t14?,15-,18+,21?/m0/s1. The molecule has 29 heavy (non-hydrogen) atoms. The van der Waals surface area contributed by atoms with Gasteiger partial charge in [0.15, 0.2) is 0 Å². The molecule has 0 bridgehead atoms. The van der Waals surface area contributed by atoms with Crippen molar-refractivity contribution in [1.82, 2.24) is 10.2 Å². The molecule has 1 heterocycles. The molecule has 1 spiro atoms. The van der Waals surface area contributed by atoms with E-state index in [0.29, 0.717) is 18.8 Å². The number of ether oxygens (including phenoxy) is 1. The van der Waals surface area contributed by atoms with Gasteiger partial charge in [0.25, 0.3) is 11.6 Å². The molecule has 1 N–H and O–H groups in total. The van der Waals surface area contributed by atoms with Crippen LogP contribution in [0.25, 0.3) is 0 Å². The Morgan fingerprint density at radius 1 is 1.38 bits per heavy atom. The van der Waals surface area contributed by atoms with E-state index in [1.54, 1.807) is 11.0 Å². The third-order valence-corrected chi connectivity index (χ3v) is 6.14. The summed E-state index contributed by atoms with van der Waals surface area (Å²) in [5, 5.41) is 14.1. The predicted molar refractivity (Wildman–Crippen MR) is 107 cm³/mol. The van der Waals surface area contributed by atoms with Gasteiger partial charge in [0.05, 0.1) is 11.5 Å². The van der Waals surface area contributed by atoms with Crippen LogP contribution in [0.5, 0.6) is 0 Å². The molecule has 158 valence electrons. The molecule has 2 aliphatic rings. The number of rotatable bonds is 5. The highest BCUT2D eigenvalue weighted by molar-refractivity contribution is 5.99. The second kappa shape index (κ2) is 8.49. The first-order valence-corrected chi connectivity index (χ1v) is 10.3. The van der Waals surface area contributed by atoms with Crippen molar-refractivity contribution in [2.75, 3.05) is 6.61 Å². The van der Waals surface area contributed by atoms with E-state index in [2.05, 4.69) is 12.2 Å². The number of amides is 2. The fraction of sp³-hybridized carbons (Fsp3) is 0.619. The Balaban J connectivity index is 1.95. The van der Waals surface area contributed by atoms with Gasteiger partial charge in [-0.3, -0.25) is 24.6 Å². The Labute approximate surface area is 170 Å². The molecular weight excluding hydrogens is 374 g/mol. The predicted octanol–water partition coefficient (Wildman–Crippen LogP) is 3.26. The largest absolute Gasteiger partial charge is 0.353 e. The molecule has 1 aromatic carbocycles. The number of hydrogen-bond donors (Lipinski definition) is 1. The average Bonchev–Trinajstić information content (AvgIpc) is 3.08. The normalized spacial score (nSPS) is 27.6. The van der Waals surface area contributed by atoms with Gasteiger partial charge in [-0.2, -0.15) is 0 Å². The van der Waals surface area contributed by atoms with Crippen LogP contribution in [0.3, 0.4) is 0 Å². The fourth-order valence-electron chi connectivity index (χ4n) is 4.11. The maximum Gasteiger partial charge on any atom is 0.270 e. The number of nitro groups is 1. The first kappa shape index (κ1) is 21.2. The summed E-state index contributed by atoms with van der Waals surface area (Å²) in [5.41, 5.74) is -0.780. The molecular formula is C21H29N3O5. The van der Waals surface area contributed by atoms with Crippen LogP contribution in [-0.4, -0.2) is 46.1 Å². The van der Waals surface area contributed by atoms with Gasteiger partial charge >= 0.3 is 0 Å². The van der Waals surface area contributed by atoms with E-state index in [9.17, 15) is 19.7 Å². The molecule has 2 atom stereocenters. The van der Waals surface area contributed by atoms with Crippen molar-refractivity contribution in [2.45, 2.75) is 70.7 Å². The summed E-state index contributed by atoms with van der Waals surface area (Å²) in [6.45, 7) is 6.20. The SMILES string of the molecule is CC[C@H](C)NC(=O)[C@H]1COC2(CCC(C)CC2)N1C(=O)c1cccc([N+](=O)[O-])c1. The third kappa shape index (κ3) is 4.27. The molecule has 0 unspecified atom stereocenters. The molecule has 1 aliphatic heterocycles. The minimum atomic E-state index is -0.828. The van der Waals surface area contributed by atoms with Crippen LogP contribution in [0.15, 0.2) is 24.3 Å². The van der Waals surface area contributed by atoms with Crippen molar-refractivity contribution < 1.29 is 19.2 Å². The lowest BCUT2D eigenvalue weighted by atomic mass is 9.83. The molecule has 1 aromatic rings. The number of benzene rings is 1. The molecule has 2 amide bonds. The smallest absolute Gasteiger partial charge is 0.270 e. The molecule has 0 aromatic heterocycles. The lowest BCUT2D eigenvalue weighted by molar-refractivity contribution is -0.384. The highest BCUT2D eigenvalue weighted by Crippen LogP contribution is 2.43. The summed E-state index contributed by atoms with van der Waals surface area (Å²) in [7, 11) is 0. The van der Waals surface area contributed by atoms with E-state index in [1.165, 1.54) is 18.2 Å². The maximum absolute atomic E-state index is 13.5. The molecule has 1 saturated carbocycles. The molecule has 0 radical (unpaired) electrons. The van der Waals surface area contributed by atoms with Crippen LogP contribution in [0.4, 0.5) is 5.69 Å². The molecule has 2 fully saturated rings. The van der Waals surface area contributed by atoms with Gasteiger partial charge in [-0.1, -0.05) is 19.9 Å². The van der Waals surface area contributed by atoms with Crippen LogP contribution in [0.2, 0.25) is 0 Å². The van der Waals surface area contributed by atoms with Crippen LogP contribution >= 0.6 is 0 Å². The number of non-ortho nitro benzene ring substituents is 1. The van der Waals surface area contributed by atoms with Gasteiger partial charge in [-0.15, -0.1) is 0 Å². The minimum absolute atomic E-state index is 0.0137. The Kier molecular flexibility index (Phi) is 6.21. The van der Waals surface area contributed by atoms with Crippen LogP contribution < -0.4 is 5.32 Å². The van der Waals surface area contributed by atoms with Crippen molar-refractivity contribution in [3.63, 3.8) is 0 Å². The topological polar surface area (TPSA) is 102 Å². The summed E-state index contributed by atoms with van der Waals surface area (Å²) in [6.07, 6.45) is 3.89. The van der Waals surface area contributed by atoms with Gasteiger partial charge in [-0.05, 0) is 51.0 Å². The molecule has 1 aliphatic carbocycles. The number of carbonyl (C=O) groups is 2. The number of carbonyl (C=O) groups excluding carboxylic acids is 2. The second-order valence-electron chi connectivity index (χ2n) is 8.26. The first-order valence-electron chi connectivity index (χ1n) is 10.3. The second-order valence-corrected chi connectivity index (χ2v) is 8.26. The van der Waals surface area contributed by atoms with E-state index in [-0.39, 0.29) is 29.8 Å². The zero-order valence-electron chi connectivity index (χ0n) is 17.2.